The molecular formula is C18H15ClF3NO5. The first-order chi connectivity index (χ1) is 13.2. The molecule has 2 aromatic rings. The van der Waals surface area contributed by atoms with Crippen molar-refractivity contribution >= 4 is 23.6 Å². The minimum atomic E-state index is -4.60. The molecule has 0 fully saturated rings. The second kappa shape index (κ2) is 9.43. The maximum Gasteiger partial charge on any atom is 0.417 e. The average Bonchev–Trinajstić information content (AvgIpc) is 2.62. The van der Waals surface area contributed by atoms with Gasteiger partial charge in [0.15, 0.2) is 0 Å². The van der Waals surface area contributed by atoms with Gasteiger partial charge in [0.05, 0.1) is 12.2 Å². The van der Waals surface area contributed by atoms with Crippen molar-refractivity contribution in [2.24, 2.45) is 0 Å². The molecule has 0 bridgehead atoms. The number of rotatable bonds is 8. The molecule has 0 aliphatic heterocycles. The highest BCUT2D eigenvalue weighted by molar-refractivity contribution is 6.31. The van der Waals surface area contributed by atoms with E-state index in [1.54, 1.807) is 6.07 Å². The Morgan fingerprint density at radius 2 is 2.04 bits per heavy atom. The van der Waals surface area contributed by atoms with Gasteiger partial charge in [0, 0.05) is 31.0 Å². The summed E-state index contributed by atoms with van der Waals surface area (Å²) in [6, 6.07) is 5.23. The molecule has 28 heavy (non-hydrogen) atoms. The Morgan fingerprint density at radius 3 is 2.64 bits per heavy atom. The summed E-state index contributed by atoms with van der Waals surface area (Å²) < 4.78 is 54.1. The quantitative estimate of drug-likeness (QED) is 0.497. The van der Waals surface area contributed by atoms with Crippen molar-refractivity contribution in [1.29, 1.82) is 0 Å². The molecule has 0 saturated heterocycles. The number of halogens is 4. The molecule has 0 aliphatic carbocycles. The number of aliphatic carboxylic acids is 1. The summed E-state index contributed by atoms with van der Waals surface area (Å²) in [6.07, 6.45) is -1.86. The van der Waals surface area contributed by atoms with E-state index in [-0.39, 0.29) is 23.3 Å². The second-order valence-electron chi connectivity index (χ2n) is 5.32. The molecule has 0 saturated carbocycles. The van der Waals surface area contributed by atoms with E-state index in [0.29, 0.717) is 30.2 Å². The van der Waals surface area contributed by atoms with Crippen LogP contribution in [-0.2, 0) is 15.7 Å². The van der Waals surface area contributed by atoms with E-state index in [1.165, 1.54) is 25.3 Å². The molecule has 0 atom stereocenters. The zero-order valence-corrected chi connectivity index (χ0v) is 15.3. The number of alkyl halides is 3. The standard InChI is InChI=1S/C18H15ClF3NO5/c1-26-6-7-27-13-4-2-11(3-5-16(24)25)15(9-13)28-17-14(19)8-12(10-23-17)18(20,21)22/h2-5,8-10H,6-7H2,1H3,(H,24,25). The molecule has 10 heteroatoms. The zero-order chi connectivity index (χ0) is 20.7. The molecule has 1 aromatic heterocycles. The monoisotopic (exact) mass is 417 g/mol. The SMILES string of the molecule is COCCOc1ccc(C=CC(=O)O)c(Oc2ncc(C(F)(F)F)cc2Cl)c1. The van der Waals surface area contributed by atoms with Crippen molar-refractivity contribution in [3.05, 3.63) is 52.7 Å². The van der Waals surface area contributed by atoms with Crippen molar-refractivity contribution in [3.8, 4) is 17.4 Å². The smallest absolute Gasteiger partial charge is 0.417 e. The number of carboxylic acids is 1. The van der Waals surface area contributed by atoms with Crippen molar-refractivity contribution in [2.75, 3.05) is 20.3 Å². The molecule has 0 aliphatic rings. The number of benzene rings is 1. The lowest BCUT2D eigenvalue weighted by atomic mass is 10.1. The maximum atomic E-state index is 12.7. The second-order valence-corrected chi connectivity index (χ2v) is 5.73. The molecule has 0 amide bonds. The fourth-order valence-corrected chi connectivity index (χ4v) is 2.20. The molecule has 1 N–H and O–H groups in total. The van der Waals surface area contributed by atoms with Crippen LogP contribution in [0.2, 0.25) is 5.02 Å². The van der Waals surface area contributed by atoms with E-state index in [4.69, 9.17) is 30.9 Å². The Labute approximate surface area is 163 Å². The first-order valence-electron chi connectivity index (χ1n) is 7.78. The number of methoxy groups -OCH3 is 1. The van der Waals surface area contributed by atoms with Crippen LogP contribution in [-0.4, -0.2) is 36.4 Å². The topological polar surface area (TPSA) is 77.9 Å². The summed E-state index contributed by atoms with van der Waals surface area (Å²) in [5.74, 6) is -0.977. The maximum absolute atomic E-state index is 12.7. The number of carboxylic acid groups (broad SMARTS) is 1. The van der Waals surface area contributed by atoms with Crippen molar-refractivity contribution in [1.82, 2.24) is 4.98 Å². The highest BCUT2D eigenvalue weighted by Crippen LogP contribution is 2.36. The molecule has 1 aromatic carbocycles. The van der Waals surface area contributed by atoms with Gasteiger partial charge in [-0.15, -0.1) is 0 Å². The predicted octanol–water partition coefficient (Wildman–Crippen LogP) is 4.67. The highest BCUT2D eigenvalue weighted by Gasteiger charge is 2.31. The van der Waals surface area contributed by atoms with E-state index in [2.05, 4.69) is 4.98 Å². The van der Waals surface area contributed by atoms with Crippen LogP contribution in [0.5, 0.6) is 17.4 Å². The minimum absolute atomic E-state index is 0.0987. The largest absolute Gasteiger partial charge is 0.491 e. The van der Waals surface area contributed by atoms with Crippen LogP contribution < -0.4 is 9.47 Å². The van der Waals surface area contributed by atoms with E-state index in [1.807, 2.05) is 0 Å². The van der Waals surface area contributed by atoms with Crippen LogP contribution in [0.3, 0.4) is 0 Å². The number of aromatic nitrogens is 1. The van der Waals surface area contributed by atoms with Gasteiger partial charge in [0.1, 0.15) is 23.1 Å². The van der Waals surface area contributed by atoms with Crippen LogP contribution in [0, 0.1) is 0 Å². The average molecular weight is 418 g/mol. The van der Waals surface area contributed by atoms with E-state index >= 15 is 0 Å². The molecule has 150 valence electrons. The third-order valence-corrected chi connectivity index (χ3v) is 3.56. The van der Waals surface area contributed by atoms with Gasteiger partial charge < -0.3 is 19.3 Å². The molecule has 0 radical (unpaired) electrons. The Balaban J connectivity index is 2.35. The van der Waals surface area contributed by atoms with Crippen LogP contribution in [0.4, 0.5) is 13.2 Å². The van der Waals surface area contributed by atoms with Crippen molar-refractivity contribution in [2.45, 2.75) is 6.18 Å². The van der Waals surface area contributed by atoms with E-state index in [9.17, 15) is 18.0 Å². The number of ether oxygens (including phenoxy) is 3. The fourth-order valence-electron chi connectivity index (χ4n) is 1.99. The van der Waals surface area contributed by atoms with E-state index in [0.717, 1.165) is 6.08 Å². The molecule has 1 heterocycles. The summed E-state index contributed by atoms with van der Waals surface area (Å²) in [6.45, 7) is 0.586. The van der Waals surface area contributed by atoms with Gasteiger partial charge in [0.2, 0.25) is 5.88 Å². The predicted molar refractivity (Wildman–Crippen MR) is 94.8 cm³/mol. The van der Waals surface area contributed by atoms with Crippen LogP contribution >= 0.6 is 11.6 Å². The molecular weight excluding hydrogens is 403 g/mol. The number of hydrogen-bond acceptors (Lipinski definition) is 5. The van der Waals surface area contributed by atoms with Gasteiger partial charge in [-0.25, -0.2) is 9.78 Å². The molecule has 0 unspecified atom stereocenters. The van der Waals surface area contributed by atoms with E-state index < -0.39 is 17.7 Å². The van der Waals surface area contributed by atoms with Crippen molar-refractivity contribution in [3.63, 3.8) is 0 Å². The lowest BCUT2D eigenvalue weighted by molar-refractivity contribution is -0.138. The van der Waals surface area contributed by atoms with Crippen LogP contribution in [0.15, 0.2) is 36.5 Å². The lowest BCUT2D eigenvalue weighted by Crippen LogP contribution is -2.06. The number of pyridine rings is 1. The van der Waals surface area contributed by atoms with Crippen molar-refractivity contribution < 1.29 is 37.3 Å². The van der Waals surface area contributed by atoms with Gasteiger partial charge in [-0.1, -0.05) is 11.6 Å². The van der Waals surface area contributed by atoms with Gasteiger partial charge in [-0.3, -0.25) is 0 Å². The van der Waals surface area contributed by atoms with Gasteiger partial charge >= 0.3 is 12.1 Å². The van der Waals surface area contributed by atoms with Crippen LogP contribution in [0.25, 0.3) is 6.08 Å². The normalized spacial score (nSPS) is 11.6. The summed E-state index contributed by atoms with van der Waals surface area (Å²) in [5, 5.41) is 8.44. The minimum Gasteiger partial charge on any atom is -0.491 e. The zero-order valence-electron chi connectivity index (χ0n) is 14.5. The Bertz CT molecular complexity index is 871. The summed E-state index contributed by atoms with van der Waals surface area (Å²) in [4.78, 5) is 14.4. The summed E-state index contributed by atoms with van der Waals surface area (Å²) in [7, 11) is 1.51. The third kappa shape index (κ3) is 6.14. The Kier molecular flexibility index (Phi) is 7.24. The number of hydrogen-bond donors (Lipinski definition) is 1. The van der Waals surface area contributed by atoms with Gasteiger partial charge in [-0.05, 0) is 24.3 Å². The molecule has 6 nitrogen and oxygen atoms in total. The van der Waals surface area contributed by atoms with Gasteiger partial charge in [-0.2, -0.15) is 13.2 Å². The number of carbonyl (C=O) groups is 1. The number of nitrogens with zero attached hydrogens (tertiary/aromatic N) is 1. The van der Waals surface area contributed by atoms with Gasteiger partial charge in [0.25, 0.3) is 0 Å². The Morgan fingerprint density at radius 1 is 1.29 bits per heavy atom. The molecule has 0 spiro atoms. The first kappa shape index (κ1) is 21.5. The highest BCUT2D eigenvalue weighted by atomic mass is 35.5. The third-order valence-electron chi connectivity index (χ3n) is 3.29. The Hall–Kier alpha value is -2.78. The summed E-state index contributed by atoms with van der Waals surface area (Å²) in [5.41, 5.74) is -0.688. The molecule has 2 rings (SSSR count). The van der Waals surface area contributed by atoms with Crippen LogP contribution in [0.1, 0.15) is 11.1 Å². The lowest BCUT2D eigenvalue weighted by Gasteiger charge is -2.13. The first-order valence-corrected chi connectivity index (χ1v) is 8.16. The fraction of sp³-hybridized carbons (Fsp3) is 0.222. The summed E-state index contributed by atoms with van der Waals surface area (Å²) >= 11 is 5.86.